The van der Waals surface area contributed by atoms with Crippen LogP contribution in [-0.4, -0.2) is 39.1 Å². The molecule has 4 aromatic rings. The smallest absolute Gasteiger partial charge is 0.274 e. The van der Waals surface area contributed by atoms with Gasteiger partial charge in [0, 0.05) is 36.9 Å². The van der Waals surface area contributed by atoms with E-state index in [0.717, 1.165) is 43.2 Å². The molecule has 1 amide bonds. The lowest BCUT2D eigenvalue weighted by molar-refractivity contribution is 0.0671. The molecule has 2 aliphatic rings. The molecule has 9 heteroatoms. The van der Waals surface area contributed by atoms with E-state index >= 15 is 0 Å². The highest BCUT2D eigenvalue weighted by molar-refractivity contribution is 6.08. The predicted molar refractivity (Wildman–Crippen MR) is 160 cm³/mol. The molecule has 0 spiro atoms. The molecule has 2 aliphatic carbocycles. The molecule has 6 rings (SSSR count). The second-order valence-corrected chi connectivity index (χ2v) is 11.8. The molecule has 0 bridgehead atoms. The predicted octanol–water partition coefficient (Wildman–Crippen LogP) is 6.47. The highest BCUT2D eigenvalue weighted by Crippen LogP contribution is 2.38. The minimum Gasteiger partial charge on any atom is -0.490 e. The Labute approximate surface area is 244 Å². The van der Waals surface area contributed by atoms with Gasteiger partial charge in [0.05, 0.1) is 35.9 Å². The van der Waals surface area contributed by atoms with Crippen molar-refractivity contribution in [2.24, 2.45) is 5.92 Å². The number of aromatic nitrogens is 3. The molecular formula is C33H37FN4O4. The quantitative estimate of drug-likeness (QED) is 0.235. The molecule has 8 nitrogen and oxygen atoms in total. The van der Waals surface area contributed by atoms with Crippen LogP contribution >= 0.6 is 0 Å². The highest BCUT2D eigenvalue weighted by atomic mass is 19.1. The van der Waals surface area contributed by atoms with Crippen LogP contribution in [0.3, 0.4) is 0 Å². The average Bonchev–Trinajstić information content (AvgIpc) is 3.56. The van der Waals surface area contributed by atoms with E-state index in [-0.39, 0.29) is 17.8 Å². The fourth-order valence-corrected chi connectivity index (χ4v) is 5.78. The molecule has 2 fully saturated rings. The third-order valence-electron chi connectivity index (χ3n) is 8.15. The Morgan fingerprint density at radius 1 is 1.10 bits per heavy atom. The first kappa shape index (κ1) is 28.2. The van der Waals surface area contributed by atoms with Gasteiger partial charge in [0.15, 0.2) is 0 Å². The number of nitrogens with one attached hydrogen (secondary N) is 1. The minimum absolute atomic E-state index is 0.109. The Hall–Kier alpha value is -3.98. The SMILES string of the molecule is CC(C)Oc1cc2nn(C3CCC(COCc4ccccc4)CC3)cc2cc1C(=O)Nc1cccn(C2C[C@H]2F)c1=O. The van der Waals surface area contributed by atoms with Crippen molar-refractivity contribution in [1.82, 2.24) is 14.3 Å². The van der Waals surface area contributed by atoms with Gasteiger partial charge in [-0.2, -0.15) is 5.10 Å². The molecule has 1 N–H and O–H groups in total. The van der Waals surface area contributed by atoms with E-state index in [1.54, 1.807) is 24.4 Å². The van der Waals surface area contributed by atoms with Crippen molar-refractivity contribution in [3.63, 3.8) is 0 Å². The molecular weight excluding hydrogens is 535 g/mol. The van der Waals surface area contributed by atoms with E-state index in [2.05, 4.69) is 17.4 Å². The van der Waals surface area contributed by atoms with E-state index in [9.17, 15) is 14.0 Å². The number of hydrogen-bond donors (Lipinski definition) is 1. The molecule has 1 unspecified atom stereocenters. The number of ether oxygens (including phenoxy) is 2. The molecule has 2 heterocycles. The summed E-state index contributed by atoms with van der Waals surface area (Å²) in [5, 5.41) is 8.42. The van der Waals surface area contributed by atoms with E-state index in [4.69, 9.17) is 14.6 Å². The first-order chi connectivity index (χ1) is 20.4. The Morgan fingerprint density at radius 2 is 1.86 bits per heavy atom. The van der Waals surface area contributed by atoms with Gasteiger partial charge < -0.3 is 19.4 Å². The summed E-state index contributed by atoms with van der Waals surface area (Å²) in [7, 11) is 0. The lowest BCUT2D eigenvalue weighted by atomic mass is 9.86. The largest absolute Gasteiger partial charge is 0.490 e. The molecule has 42 heavy (non-hydrogen) atoms. The number of hydrogen-bond acceptors (Lipinski definition) is 5. The topological polar surface area (TPSA) is 87.4 Å². The van der Waals surface area contributed by atoms with E-state index in [0.29, 0.717) is 30.3 Å². The molecule has 0 aliphatic heterocycles. The molecule has 220 valence electrons. The first-order valence-corrected chi connectivity index (χ1v) is 14.8. The second kappa shape index (κ2) is 12.1. The third kappa shape index (κ3) is 6.26. The number of benzene rings is 2. The summed E-state index contributed by atoms with van der Waals surface area (Å²) < 4.78 is 29.0. The molecule has 0 radical (unpaired) electrons. The maximum atomic E-state index is 13.6. The van der Waals surface area contributed by atoms with Crippen LogP contribution in [0.1, 0.15) is 74.0 Å². The van der Waals surface area contributed by atoms with Gasteiger partial charge in [-0.3, -0.25) is 14.3 Å². The number of carbonyl (C=O) groups is 1. The summed E-state index contributed by atoms with van der Waals surface area (Å²) in [6.07, 6.45) is 6.84. The zero-order chi connectivity index (χ0) is 29.2. The van der Waals surface area contributed by atoms with Crippen LogP contribution in [-0.2, 0) is 11.3 Å². The lowest BCUT2D eigenvalue weighted by Crippen LogP contribution is -2.26. The van der Waals surface area contributed by atoms with Crippen molar-refractivity contribution in [3.8, 4) is 5.75 Å². The van der Waals surface area contributed by atoms with Crippen molar-refractivity contribution in [3.05, 3.63) is 88.5 Å². The van der Waals surface area contributed by atoms with E-state index in [1.807, 2.05) is 42.9 Å². The fourth-order valence-electron chi connectivity index (χ4n) is 5.78. The maximum Gasteiger partial charge on any atom is 0.274 e. The number of anilines is 1. The van der Waals surface area contributed by atoms with Gasteiger partial charge in [0.25, 0.3) is 11.5 Å². The number of fused-ring (bicyclic) bond motifs is 1. The Morgan fingerprint density at radius 3 is 2.57 bits per heavy atom. The zero-order valence-corrected chi connectivity index (χ0v) is 24.0. The second-order valence-electron chi connectivity index (χ2n) is 11.8. The first-order valence-electron chi connectivity index (χ1n) is 14.8. The standard InChI is InChI=1S/C33H37FN4O4/c1-21(2)42-31-17-29-24(15-26(31)32(39)35-28-9-6-14-37(33(28)40)30-16-27(30)34)18-38(36-29)25-12-10-23(11-13-25)20-41-19-22-7-4-3-5-8-22/h3-9,14-15,17-18,21,23,25,27,30H,10-13,16,19-20H2,1-2H3,(H,35,39)/t23?,25?,27-,30?/m1/s1. The van der Waals surface area contributed by atoms with Gasteiger partial charge in [-0.1, -0.05) is 30.3 Å². The van der Waals surface area contributed by atoms with Crippen molar-refractivity contribution in [2.45, 2.75) is 76.9 Å². The van der Waals surface area contributed by atoms with Crippen LogP contribution in [0.2, 0.25) is 0 Å². The summed E-state index contributed by atoms with van der Waals surface area (Å²) >= 11 is 0. The number of pyridine rings is 1. The van der Waals surface area contributed by atoms with E-state index in [1.165, 1.54) is 16.2 Å². The van der Waals surface area contributed by atoms with Crippen molar-refractivity contribution in [1.29, 1.82) is 0 Å². The van der Waals surface area contributed by atoms with Crippen molar-refractivity contribution in [2.75, 3.05) is 11.9 Å². The molecule has 2 aromatic carbocycles. The summed E-state index contributed by atoms with van der Waals surface area (Å²) in [6.45, 7) is 5.19. The van der Waals surface area contributed by atoms with Crippen LogP contribution in [0.15, 0.2) is 71.8 Å². The lowest BCUT2D eigenvalue weighted by Gasteiger charge is -2.28. The summed E-state index contributed by atoms with van der Waals surface area (Å²) in [5.74, 6) is 0.482. The number of nitrogens with zero attached hydrogens (tertiary/aromatic N) is 3. The van der Waals surface area contributed by atoms with Gasteiger partial charge in [0.2, 0.25) is 0 Å². The summed E-state index contributed by atoms with van der Waals surface area (Å²) in [4.78, 5) is 26.3. The Balaban J connectivity index is 1.15. The van der Waals surface area contributed by atoms with Crippen molar-refractivity contribution >= 4 is 22.5 Å². The van der Waals surface area contributed by atoms with Gasteiger partial charge in [-0.15, -0.1) is 0 Å². The average molecular weight is 573 g/mol. The number of carbonyl (C=O) groups excluding carboxylic acids is 1. The van der Waals surface area contributed by atoms with Gasteiger partial charge in [-0.05, 0) is 69.2 Å². The highest BCUT2D eigenvalue weighted by Gasteiger charge is 2.40. The van der Waals surface area contributed by atoms with Gasteiger partial charge >= 0.3 is 0 Å². The normalized spacial score (nSPS) is 21.9. The van der Waals surface area contributed by atoms with Gasteiger partial charge in [0.1, 0.15) is 17.6 Å². The number of halogens is 1. The number of amides is 1. The van der Waals surface area contributed by atoms with Crippen LogP contribution in [0.25, 0.3) is 10.9 Å². The zero-order valence-electron chi connectivity index (χ0n) is 24.0. The molecule has 2 aromatic heterocycles. The molecule has 2 saturated carbocycles. The van der Waals surface area contributed by atoms with Crippen LogP contribution in [0, 0.1) is 5.92 Å². The minimum atomic E-state index is -1.03. The van der Waals surface area contributed by atoms with Crippen LogP contribution in [0.5, 0.6) is 5.75 Å². The van der Waals surface area contributed by atoms with E-state index < -0.39 is 23.7 Å². The number of rotatable bonds is 10. The summed E-state index contributed by atoms with van der Waals surface area (Å²) in [5.41, 5.74) is 1.95. The Kier molecular flexibility index (Phi) is 8.11. The third-order valence-corrected chi connectivity index (χ3v) is 8.15. The Bertz CT molecular complexity index is 1610. The molecule has 2 atom stereocenters. The molecule has 0 saturated heterocycles. The monoisotopic (exact) mass is 572 g/mol. The number of alkyl halides is 1. The van der Waals surface area contributed by atoms with Gasteiger partial charge in [-0.25, -0.2) is 4.39 Å². The van der Waals surface area contributed by atoms with Crippen LogP contribution < -0.4 is 15.6 Å². The van der Waals surface area contributed by atoms with Crippen molar-refractivity contribution < 1.29 is 18.7 Å². The maximum absolute atomic E-state index is 13.6. The van der Waals surface area contributed by atoms with Crippen LogP contribution in [0.4, 0.5) is 10.1 Å². The summed E-state index contributed by atoms with van der Waals surface area (Å²) in [6, 6.07) is 16.8. The fraction of sp³-hybridized carbons (Fsp3) is 0.424.